The van der Waals surface area contributed by atoms with Crippen molar-refractivity contribution in [3.8, 4) is 0 Å². The molecule has 0 atom stereocenters. The van der Waals surface area contributed by atoms with Crippen molar-refractivity contribution < 1.29 is 9.59 Å². The Morgan fingerprint density at radius 2 is 1.91 bits per heavy atom. The predicted octanol–water partition coefficient (Wildman–Crippen LogP) is 1.03. The highest BCUT2D eigenvalue weighted by atomic mass is 16.2. The largest absolute Gasteiger partial charge is 0.355 e. The van der Waals surface area contributed by atoms with Crippen LogP contribution in [0.5, 0.6) is 0 Å². The van der Waals surface area contributed by atoms with E-state index < -0.39 is 0 Å². The van der Waals surface area contributed by atoms with Gasteiger partial charge in [0.1, 0.15) is 0 Å². The van der Waals surface area contributed by atoms with Gasteiger partial charge in [0.05, 0.1) is 13.1 Å². The number of carbonyl (C=O) groups excluding carboxylic acids is 2. The quantitative estimate of drug-likeness (QED) is 0.854. The van der Waals surface area contributed by atoms with E-state index in [9.17, 15) is 9.59 Å². The number of likely N-dealkylation sites (N-methyl/N-ethyl adjacent to an activating group) is 2. The molecule has 5 heteroatoms. The summed E-state index contributed by atoms with van der Waals surface area (Å²) in [5.74, 6) is 0.0711. The van der Waals surface area contributed by atoms with Gasteiger partial charge in [-0.15, -0.1) is 0 Å². The third kappa shape index (κ3) is 4.31. The average Bonchev–Trinajstić information content (AvgIpc) is 2.53. The monoisotopic (exact) mass is 303 g/mol. The molecule has 1 aromatic carbocycles. The number of carbonyl (C=O) groups is 2. The van der Waals surface area contributed by atoms with Gasteiger partial charge in [-0.3, -0.25) is 14.5 Å². The Kier molecular flexibility index (Phi) is 5.95. The van der Waals surface area contributed by atoms with Crippen molar-refractivity contribution in [2.45, 2.75) is 26.8 Å². The number of amides is 2. The second kappa shape index (κ2) is 7.94. The third-order valence-corrected chi connectivity index (χ3v) is 4.03. The summed E-state index contributed by atoms with van der Waals surface area (Å²) < 4.78 is 0. The molecule has 1 aliphatic heterocycles. The van der Waals surface area contributed by atoms with Crippen LogP contribution in [0.25, 0.3) is 0 Å². The number of nitrogens with one attached hydrogen (secondary N) is 1. The molecule has 1 aliphatic rings. The highest BCUT2D eigenvalue weighted by Crippen LogP contribution is 2.18. The number of benzene rings is 1. The molecule has 0 bridgehead atoms. The summed E-state index contributed by atoms with van der Waals surface area (Å²) in [6.45, 7) is 7.18. The van der Waals surface area contributed by atoms with E-state index in [1.165, 1.54) is 11.1 Å². The van der Waals surface area contributed by atoms with Gasteiger partial charge in [0.2, 0.25) is 11.8 Å². The molecule has 1 heterocycles. The Bertz CT molecular complexity index is 530. The van der Waals surface area contributed by atoms with Crippen molar-refractivity contribution in [3.63, 3.8) is 0 Å². The lowest BCUT2D eigenvalue weighted by Crippen LogP contribution is -2.45. The number of nitrogens with zero attached hydrogens (tertiary/aromatic N) is 2. The van der Waals surface area contributed by atoms with E-state index in [0.717, 1.165) is 13.0 Å². The van der Waals surface area contributed by atoms with Gasteiger partial charge in [-0.1, -0.05) is 31.2 Å². The molecule has 0 aromatic heterocycles. The van der Waals surface area contributed by atoms with E-state index in [1.807, 2.05) is 35.8 Å². The molecule has 1 N–H and O–H groups in total. The van der Waals surface area contributed by atoms with Crippen LogP contribution in [-0.2, 0) is 22.6 Å². The van der Waals surface area contributed by atoms with Crippen molar-refractivity contribution in [2.24, 2.45) is 0 Å². The van der Waals surface area contributed by atoms with Gasteiger partial charge >= 0.3 is 0 Å². The Hall–Kier alpha value is -1.88. The van der Waals surface area contributed by atoms with E-state index in [1.54, 1.807) is 0 Å². The second-order valence-corrected chi connectivity index (χ2v) is 5.59. The first-order valence-electron chi connectivity index (χ1n) is 7.97. The lowest BCUT2D eigenvalue weighted by atomic mass is 10.00. The molecule has 0 spiro atoms. The number of hydrogen-bond donors (Lipinski definition) is 1. The van der Waals surface area contributed by atoms with Gasteiger partial charge in [-0.2, -0.15) is 0 Å². The molecule has 5 nitrogen and oxygen atoms in total. The van der Waals surface area contributed by atoms with E-state index in [-0.39, 0.29) is 18.4 Å². The maximum atomic E-state index is 12.5. The summed E-state index contributed by atoms with van der Waals surface area (Å²) >= 11 is 0. The zero-order valence-electron chi connectivity index (χ0n) is 13.5. The van der Waals surface area contributed by atoms with Crippen molar-refractivity contribution >= 4 is 11.8 Å². The molecular formula is C17H25N3O2. The SMILES string of the molecule is CCNC(=O)CN(CC)CC(=O)N1CCc2ccccc2C1. The van der Waals surface area contributed by atoms with Crippen LogP contribution >= 0.6 is 0 Å². The van der Waals surface area contributed by atoms with Crippen molar-refractivity contribution in [3.05, 3.63) is 35.4 Å². The number of rotatable bonds is 6. The van der Waals surface area contributed by atoms with E-state index in [4.69, 9.17) is 0 Å². The predicted molar refractivity (Wildman–Crippen MR) is 86.4 cm³/mol. The Balaban J connectivity index is 1.90. The summed E-state index contributed by atoms with van der Waals surface area (Å²) in [5.41, 5.74) is 2.56. The van der Waals surface area contributed by atoms with Gasteiger partial charge in [0.25, 0.3) is 0 Å². The van der Waals surface area contributed by atoms with Gasteiger partial charge in [0, 0.05) is 19.6 Å². The summed E-state index contributed by atoms with van der Waals surface area (Å²) in [4.78, 5) is 27.9. The molecule has 1 aromatic rings. The standard InChI is InChI=1S/C17H25N3O2/c1-3-18-16(21)12-19(4-2)13-17(22)20-10-9-14-7-5-6-8-15(14)11-20/h5-8H,3-4,9-13H2,1-2H3,(H,18,21). The van der Waals surface area contributed by atoms with Crippen molar-refractivity contribution in [1.29, 1.82) is 0 Å². The van der Waals surface area contributed by atoms with Crippen LogP contribution < -0.4 is 5.32 Å². The van der Waals surface area contributed by atoms with E-state index in [2.05, 4.69) is 17.4 Å². The number of fused-ring (bicyclic) bond motifs is 1. The topological polar surface area (TPSA) is 52.7 Å². The molecule has 0 saturated carbocycles. The summed E-state index contributed by atoms with van der Waals surface area (Å²) in [6, 6.07) is 8.27. The highest BCUT2D eigenvalue weighted by molar-refractivity contribution is 5.81. The van der Waals surface area contributed by atoms with E-state index in [0.29, 0.717) is 26.2 Å². The minimum absolute atomic E-state index is 0.0267. The van der Waals surface area contributed by atoms with Crippen LogP contribution in [0.4, 0.5) is 0 Å². The van der Waals surface area contributed by atoms with Crippen molar-refractivity contribution in [2.75, 3.05) is 32.7 Å². The summed E-state index contributed by atoms with van der Waals surface area (Å²) in [7, 11) is 0. The maximum Gasteiger partial charge on any atom is 0.237 e. The molecular weight excluding hydrogens is 278 g/mol. The van der Waals surface area contributed by atoms with Gasteiger partial charge in [0.15, 0.2) is 0 Å². The highest BCUT2D eigenvalue weighted by Gasteiger charge is 2.22. The Morgan fingerprint density at radius 1 is 1.18 bits per heavy atom. The van der Waals surface area contributed by atoms with Gasteiger partial charge in [-0.05, 0) is 31.0 Å². The minimum atomic E-state index is -0.0267. The first kappa shape index (κ1) is 16.5. The van der Waals surface area contributed by atoms with Crippen LogP contribution in [0.2, 0.25) is 0 Å². The van der Waals surface area contributed by atoms with Gasteiger partial charge < -0.3 is 10.2 Å². The molecule has 0 unspecified atom stereocenters. The fourth-order valence-corrected chi connectivity index (χ4v) is 2.74. The molecule has 2 rings (SSSR count). The lowest BCUT2D eigenvalue weighted by Gasteiger charge is -2.31. The van der Waals surface area contributed by atoms with Crippen LogP contribution in [0.3, 0.4) is 0 Å². The second-order valence-electron chi connectivity index (χ2n) is 5.59. The summed E-state index contributed by atoms with van der Waals surface area (Å²) in [5, 5.41) is 2.77. The molecule has 0 aliphatic carbocycles. The first-order chi connectivity index (χ1) is 10.6. The molecule has 0 radical (unpaired) electrons. The third-order valence-electron chi connectivity index (χ3n) is 4.03. The average molecular weight is 303 g/mol. The van der Waals surface area contributed by atoms with Crippen LogP contribution in [-0.4, -0.2) is 54.3 Å². The molecule has 2 amide bonds. The Labute approximate surface area is 132 Å². The lowest BCUT2D eigenvalue weighted by molar-refractivity contribution is -0.134. The molecule has 0 fully saturated rings. The van der Waals surface area contributed by atoms with Crippen LogP contribution in [0.15, 0.2) is 24.3 Å². The molecule has 22 heavy (non-hydrogen) atoms. The molecule has 0 saturated heterocycles. The zero-order valence-corrected chi connectivity index (χ0v) is 13.5. The van der Waals surface area contributed by atoms with E-state index >= 15 is 0 Å². The maximum absolute atomic E-state index is 12.5. The fraction of sp³-hybridized carbons (Fsp3) is 0.529. The number of hydrogen-bond acceptors (Lipinski definition) is 3. The first-order valence-corrected chi connectivity index (χ1v) is 7.97. The zero-order chi connectivity index (χ0) is 15.9. The van der Waals surface area contributed by atoms with Crippen molar-refractivity contribution in [1.82, 2.24) is 15.1 Å². The van der Waals surface area contributed by atoms with Gasteiger partial charge in [-0.25, -0.2) is 0 Å². The fourth-order valence-electron chi connectivity index (χ4n) is 2.74. The smallest absolute Gasteiger partial charge is 0.237 e. The molecule has 120 valence electrons. The van der Waals surface area contributed by atoms with Crippen LogP contribution in [0.1, 0.15) is 25.0 Å². The Morgan fingerprint density at radius 3 is 2.59 bits per heavy atom. The normalized spacial score (nSPS) is 13.9. The minimum Gasteiger partial charge on any atom is -0.355 e. The van der Waals surface area contributed by atoms with Crippen LogP contribution in [0, 0.1) is 0 Å². The summed E-state index contributed by atoms with van der Waals surface area (Å²) in [6.07, 6.45) is 0.907.